The minimum absolute atomic E-state index is 0.172. The molecular formula is C26H42O3. The SMILES string of the molecule is C=C(C(=O)OCC)[C@@H]1CC[C@@H](CC/C=C(\C)CC/C=C(\C)CCC=C(C)C)CO1. The number of rotatable bonds is 12. The van der Waals surface area contributed by atoms with Gasteiger partial charge in [0.2, 0.25) is 0 Å². The van der Waals surface area contributed by atoms with E-state index in [1.165, 1.54) is 23.1 Å². The minimum atomic E-state index is -0.323. The Kier molecular flexibility index (Phi) is 12.6. The highest BCUT2D eigenvalue weighted by Gasteiger charge is 2.27. The molecule has 1 fully saturated rings. The van der Waals surface area contributed by atoms with Gasteiger partial charge < -0.3 is 9.47 Å². The first-order chi connectivity index (χ1) is 13.8. The van der Waals surface area contributed by atoms with E-state index in [0.29, 0.717) is 24.7 Å². The van der Waals surface area contributed by atoms with Gasteiger partial charge in [-0.3, -0.25) is 0 Å². The average molecular weight is 403 g/mol. The van der Waals surface area contributed by atoms with Crippen molar-refractivity contribution in [2.24, 2.45) is 5.92 Å². The maximum atomic E-state index is 11.8. The lowest BCUT2D eigenvalue weighted by atomic mass is 9.91. The highest BCUT2D eigenvalue weighted by atomic mass is 16.5. The van der Waals surface area contributed by atoms with Gasteiger partial charge in [-0.15, -0.1) is 0 Å². The molecule has 1 saturated heterocycles. The smallest absolute Gasteiger partial charge is 0.336 e. The number of hydrogen-bond acceptors (Lipinski definition) is 3. The third-order valence-electron chi connectivity index (χ3n) is 5.49. The van der Waals surface area contributed by atoms with Gasteiger partial charge in [-0.2, -0.15) is 0 Å². The van der Waals surface area contributed by atoms with Gasteiger partial charge >= 0.3 is 5.97 Å². The zero-order chi connectivity index (χ0) is 21.6. The van der Waals surface area contributed by atoms with E-state index in [1.807, 2.05) is 6.92 Å². The molecule has 1 aliphatic heterocycles. The molecule has 0 bridgehead atoms. The molecule has 0 aromatic carbocycles. The summed E-state index contributed by atoms with van der Waals surface area (Å²) >= 11 is 0. The van der Waals surface area contributed by atoms with Gasteiger partial charge in [0.1, 0.15) is 0 Å². The van der Waals surface area contributed by atoms with Crippen LogP contribution in [0, 0.1) is 5.92 Å². The lowest BCUT2D eigenvalue weighted by Gasteiger charge is -2.29. The van der Waals surface area contributed by atoms with Crippen LogP contribution in [0.3, 0.4) is 0 Å². The van der Waals surface area contributed by atoms with E-state index in [4.69, 9.17) is 9.47 Å². The topological polar surface area (TPSA) is 35.5 Å². The normalized spacial score (nSPS) is 20.3. The predicted molar refractivity (Wildman–Crippen MR) is 123 cm³/mol. The molecule has 0 N–H and O–H groups in total. The zero-order valence-electron chi connectivity index (χ0n) is 19.4. The summed E-state index contributed by atoms with van der Waals surface area (Å²) in [5, 5.41) is 0. The van der Waals surface area contributed by atoms with Crippen molar-refractivity contribution in [1.29, 1.82) is 0 Å². The minimum Gasteiger partial charge on any atom is -0.463 e. The van der Waals surface area contributed by atoms with Gasteiger partial charge in [0, 0.05) is 0 Å². The van der Waals surface area contributed by atoms with E-state index >= 15 is 0 Å². The second kappa shape index (κ2) is 14.4. The molecular weight excluding hydrogens is 360 g/mol. The van der Waals surface area contributed by atoms with E-state index < -0.39 is 0 Å². The van der Waals surface area contributed by atoms with Crippen molar-refractivity contribution in [3.63, 3.8) is 0 Å². The standard InChI is InChI=1S/C26H42O3/c1-7-28-26(27)23(6)25-18-17-24(19-29-25)16-10-15-22(5)14-9-13-21(4)12-8-11-20(2)3/h11,13,15,24-25H,6-10,12,14,16-19H2,1-5H3/b21-13+,22-15+/t24-,25+/m1/s1. The Labute approximate surface area is 178 Å². The fraction of sp³-hybridized carbons (Fsp3) is 0.654. The van der Waals surface area contributed by atoms with Gasteiger partial charge in [-0.25, -0.2) is 4.79 Å². The lowest BCUT2D eigenvalue weighted by Crippen LogP contribution is -2.30. The Morgan fingerprint density at radius 1 is 1.00 bits per heavy atom. The Balaban J connectivity index is 2.23. The van der Waals surface area contributed by atoms with Crippen molar-refractivity contribution in [1.82, 2.24) is 0 Å². The predicted octanol–water partition coefficient (Wildman–Crippen LogP) is 7.10. The molecule has 0 amide bonds. The summed E-state index contributed by atoms with van der Waals surface area (Å²) in [6, 6.07) is 0. The molecule has 0 radical (unpaired) electrons. The van der Waals surface area contributed by atoms with Gasteiger partial charge in [0.25, 0.3) is 0 Å². The van der Waals surface area contributed by atoms with E-state index in [2.05, 4.69) is 52.5 Å². The van der Waals surface area contributed by atoms with Crippen LogP contribution in [-0.2, 0) is 14.3 Å². The summed E-state index contributed by atoms with van der Waals surface area (Å²) < 4.78 is 10.9. The molecule has 0 spiro atoms. The Hall–Kier alpha value is -1.61. The first-order valence-electron chi connectivity index (χ1n) is 11.3. The van der Waals surface area contributed by atoms with Crippen LogP contribution in [0.1, 0.15) is 86.0 Å². The van der Waals surface area contributed by atoms with Crippen LogP contribution in [0.15, 0.2) is 47.1 Å². The van der Waals surface area contributed by atoms with Crippen molar-refractivity contribution in [3.8, 4) is 0 Å². The van der Waals surface area contributed by atoms with Crippen molar-refractivity contribution >= 4 is 5.97 Å². The zero-order valence-corrected chi connectivity index (χ0v) is 19.4. The van der Waals surface area contributed by atoms with Crippen molar-refractivity contribution < 1.29 is 14.3 Å². The summed E-state index contributed by atoms with van der Waals surface area (Å²) in [5.74, 6) is 0.248. The number of carbonyl (C=O) groups excluding carboxylic acids is 1. The van der Waals surface area contributed by atoms with Gasteiger partial charge in [0.05, 0.1) is 24.9 Å². The molecule has 2 atom stereocenters. The van der Waals surface area contributed by atoms with Crippen LogP contribution in [0.4, 0.5) is 0 Å². The Morgan fingerprint density at radius 3 is 2.17 bits per heavy atom. The summed E-state index contributed by atoms with van der Waals surface area (Å²) in [7, 11) is 0. The summed E-state index contributed by atoms with van der Waals surface area (Å²) in [6.07, 6.45) is 15.7. The van der Waals surface area contributed by atoms with Crippen molar-refractivity contribution in [2.75, 3.05) is 13.2 Å². The Bertz CT molecular complexity index is 597. The summed E-state index contributed by atoms with van der Waals surface area (Å²) in [4.78, 5) is 11.8. The van der Waals surface area contributed by atoms with E-state index in [1.54, 1.807) is 0 Å². The second-order valence-corrected chi connectivity index (χ2v) is 8.55. The molecule has 0 unspecified atom stereocenters. The van der Waals surface area contributed by atoms with E-state index in [0.717, 1.165) is 44.9 Å². The fourth-order valence-corrected chi connectivity index (χ4v) is 3.57. The van der Waals surface area contributed by atoms with Gasteiger partial charge in [0.15, 0.2) is 0 Å². The van der Waals surface area contributed by atoms with Crippen LogP contribution in [0.2, 0.25) is 0 Å². The number of allylic oxidation sites excluding steroid dienone is 6. The Morgan fingerprint density at radius 2 is 1.62 bits per heavy atom. The quantitative estimate of drug-likeness (QED) is 0.198. The highest BCUT2D eigenvalue weighted by Crippen LogP contribution is 2.27. The second-order valence-electron chi connectivity index (χ2n) is 8.55. The monoisotopic (exact) mass is 402 g/mol. The molecule has 3 heteroatoms. The third kappa shape index (κ3) is 11.2. The molecule has 164 valence electrons. The molecule has 0 aromatic heterocycles. The van der Waals surface area contributed by atoms with Crippen molar-refractivity contribution in [3.05, 3.63) is 47.1 Å². The largest absolute Gasteiger partial charge is 0.463 e. The maximum Gasteiger partial charge on any atom is 0.336 e. The van der Waals surface area contributed by atoms with Crippen LogP contribution in [-0.4, -0.2) is 25.3 Å². The summed E-state index contributed by atoms with van der Waals surface area (Å²) in [6.45, 7) is 15.5. The van der Waals surface area contributed by atoms with E-state index in [-0.39, 0.29) is 12.1 Å². The summed E-state index contributed by atoms with van der Waals surface area (Å²) in [5.41, 5.74) is 4.84. The number of ether oxygens (including phenoxy) is 2. The fourth-order valence-electron chi connectivity index (χ4n) is 3.57. The van der Waals surface area contributed by atoms with Gasteiger partial charge in [-0.05, 0) is 91.9 Å². The van der Waals surface area contributed by atoms with Crippen LogP contribution >= 0.6 is 0 Å². The maximum absolute atomic E-state index is 11.8. The molecule has 0 saturated carbocycles. The molecule has 1 aliphatic rings. The number of carbonyl (C=O) groups is 1. The van der Waals surface area contributed by atoms with Crippen LogP contribution < -0.4 is 0 Å². The van der Waals surface area contributed by atoms with Gasteiger partial charge in [-0.1, -0.05) is 41.5 Å². The molecule has 1 rings (SSSR count). The molecule has 0 aromatic rings. The first-order valence-corrected chi connectivity index (χ1v) is 11.3. The highest BCUT2D eigenvalue weighted by molar-refractivity contribution is 5.88. The molecule has 3 nitrogen and oxygen atoms in total. The average Bonchev–Trinajstić information content (AvgIpc) is 2.68. The van der Waals surface area contributed by atoms with Crippen LogP contribution in [0.5, 0.6) is 0 Å². The van der Waals surface area contributed by atoms with Crippen LogP contribution in [0.25, 0.3) is 0 Å². The molecule has 0 aliphatic carbocycles. The van der Waals surface area contributed by atoms with Crippen molar-refractivity contribution in [2.45, 2.75) is 92.1 Å². The first kappa shape index (κ1) is 25.4. The molecule has 29 heavy (non-hydrogen) atoms. The lowest BCUT2D eigenvalue weighted by molar-refractivity contribution is -0.140. The number of esters is 1. The van der Waals surface area contributed by atoms with E-state index in [9.17, 15) is 4.79 Å². The third-order valence-corrected chi connectivity index (χ3v) is 5.49. The number of hydrogen-bond donors (Lipinski definition) is 0. The molecule has 1 heterocycles.